The van der Waals surface area contributed by atoms with Gasteiger partial charge in [-0.25, -0.2) is 13.6 Å². The minimum Gasteiger partial charge on any atom is -0.480 e. The molecule has 3 N–H and O–H groups in total. The molecular formula is C7H13F2NO2. The average Bonchev–Trinajstić information content (AvgIpc) is 1.85. The maximum absolute atomic E-state index is 12.7. The summed E-state index contributed by atoms with van der Waals surface area (Å²) in [5.41, 5.74) is 2.65. The Morgan fingerprint density at radius 3 is 2.08 bits per heavy atom. The van der Waals surface area contributed by atoms with Crippen molar-refractivity contribution >= 4 is 5.97 Å². The maximum Gasteiger partial charge on any atom is 0.329 e. The highest BCUT2D eigenvalue weighted by molar-refractivity contribution is 5.79. The fraction of sp³-hybridized carbons (Fsp3) is 0.857. The minimum absolute atomic E-state index is 0.230. The van der Waals surface area contributed by atoms with Gasteiger partial charge >= 0.3 is 5.97 Å². The quantitative estimate of drug-likeness (QED) is 0.685. The van der Waals surface area contributed by atoms with Gasteiger partial charge in [0, 0.05) is 6.92 Å². The van der Waals surface area contributed by atoms with Gasteiger partial charge in [0.1, 0.15) is 0 Å². The highest BCUT2D eigenvalue weighted by Crippen LogP contribution is 2.30. The summed E-state index contributed by atoms with van der Waals surface area (Å²) in [7, 11) is 0. The van der Waals surface area contributed by atoms with Crippen molar-refractivity contribution in [3.05, 3.63) is 0 Å². The van der Waals surface area contributed by atoms with E-state index in [2.05, 4.69) is 0 Å². The number of carboxylic acid groups (broad SMARTS) is 1. The van der Waals surface area contributed by atoms with E-state index in [1.807, 2.05) is 0 Å². The van der Waals surface area contributed by atoms with Crippen molar-refractivity contribution in [2.24, 2.45) is 5.73 Å². The number of aliphatic carboxylic acids is 1. The lowest BCUT2D eigenvalue weighted by atomic mass is 9.89. The van der Waals surface area contributed by atoms with Crippen LogP contribution in [0.25, 0.3) is 0 Å². The van der Waals surface area contributed by atoms with Gasteiger partial charge in [-0.05, 0) is 6.42 Å². The Bertz CT molecular complexity index is 179. The van der Waals surface area contributed by atoms with E-state index in [1.165, 1.54) is 0 Å². The van der Waals surface area contributed by atoms with E-state index < -0.39 is 17.4 Å². The van der Waals surface area contributed by atoms with Gasteiger partial charge in [-0.15, -0.1) is 0 Å². The highest BCUT2D eigenvalue weighted by Gasteiger charge is 2.52. The monoisotopic (exact) mass is 181 g/mol. The van der Waals surface area contributed by atoms with Crippen molar-refractivity contribution in [3.63, 3.8) is 0 Å². The molecule has 0 fully saturated rings. The molecule has 12 heavy (non-hydrogen) atoms. The van der Waals surface area contributed by atoms with E-state index >= 15 is 0 Å². The molecule has 0 spiro atoms. The van der Waals surface area contributed by atoms with Crippen LogP contribution in [-0.4, -0.2) is 22.5 Å². The largest absolute Gasteiger partial charge is 0.480 e. The fourth-order valence-corrected chi connectivity index (χ4v) is 0.909. The first-order valence-electron chi connectivity index (χ1n) is 3.66. The maximum atomic E-state index is 12.7. The second-order valence-corrected chi connectivity index (χ2v) is 2.91. The molecule has 0 amide bonds. The molecule has 0 aromatic rings. The molecule has 72 valence electrons. The minimum atomic E-state index is -3.39. The molecule has 0 rings (SSSR count). The molecule has 0 aliphatic heterocycles. The molecule has 1 unspecified atom stereocenters. The number of hydrogen-bond donors (Lipinski definition) is 2. The van der Waals surface area contributed by atoms with Crippen LogP contribution in [-0.2, 0) is 4.79 Å². The van der Waals surface area contributed by atoms with Crippen molar-refractivity contribution in [2.45, 2.75) is 38.2 Å². The van der Waals surface area contributed by atoms with Gasteiger partial charge in [0.05, 0.1) is 0 Å². The summed E-state index contributed by atoms with van der Waals surface area (Å²) >= 11 is 0. The molecule has 0 aromatic heterocycles. The zero-order valence-corrected chi connectivity index (χ0v) is 7.10. The molecule has 0 saturated carbocycles. The van der Waals surface area contributed by atoms with E-state index in [0.29, 0.717) is 13.3 Å². The SMILES string of the molecule is CCCC(N)(C(=O)O)C(C)(F)F. The predicted molar refractivity (Wildman–Crippen MR) is 40.1 cm³/mol. The van der Waals surface area contributed by atoms with Gasteiger partial charge < -0.3 is 10.8 Å². The highest BCUT2D eigenvalue weighted by atomic mass is 19.3. The number of hydrogen-bond acceptors (Lipinski definition) is 2. The van der Waals surface area contributed by atoms with Gasteiger partial charge in [-0.2, -0.15) is 0 Å². The molecule has 1 atom stereocenters. The first-order valence-corrected chi connectivity index (χ1v) is 3.66. The Labute approximate surface area is 69.6 Å². The summed E-state index contributed by atoms with van der Waals surface area (Å²) in [5.74, 6) is -5.05. The Hall–Kier alpha value is -0.710. The number of rotatable bonds is 4. The van der Waals surface area contributed by atoms with Gasteiger partial charge in [0.15, 0.2) is 5.54 Å². The number of halogens is 2. The van der Waals surface area contributed by atoms with Crippen molar-refractivity contribution in [1.29, 1.82) is 0 Å². The number of nitrogens with two attached hydrogens (primary N) is 1. The predicted octanol–water partition coefficient (Wildman–Crippen LogP) is 1.22. The van der Waals surface area contributed by atoms with E-state index in [-0.39, 0.29) is 6.42 Å². The zero-order valence-electron chi connectivity index (χ0n) is 7.10. The normalized spacial score (nSPS) is 17.1. The van der Waals surface area contributed by atoms with Crippen LogP contribution in [0, 0.1) is 0 Å². The summed E-state index contributed by atoms with van der Waals surface area (Å²) in [5, 5.41) is 8.49. The third-order valence-electron chi connectivity index (χ3n) is 1.81. The molecule has 0 radical (unpaired) electrons. The van der Waals surface area contributed by atoms with E-state index in [4.69, 9.17) is 10.8 Å². The summed E-state index contributed by atoms with van der Waals surface area (Å²) in [6, 6.07) is 0. The van der Waals surface area contributed by atoms with Crippen molar-refractivity contribution in [3.8, 4) is 0 Å². The van der Waals surface area contributed by atoms with Crippen LogP contribution in [0.1, 0.15) is 26.7 Å². The van der Waals surface area contributed by atoms with Crippen LogP contribution in [0.5, 0.6) is 0 Å². The topological polar surface area (TPSA) is 63.3 Å². The smallest absolute Gasteiger partial charge is 0.329 e. The third kappa shape index (κ3) is 1.91. The summed E-state index contributed by atoms with van der Waals surface area (Å²) in [6.45, 7) is 2.13. The van der Waals surface area contributed by atoms with Crippen molar-refractivity contribution < 1.29 is 18.7 Å². The van der Waals surface area contributed by atoms with E-state index in [1.54, 1.807) is 6.92 Å². The van der Waals surface area contributed by atoms with Crippen LogP contribution >= 0.6 is 0 Å². The molecule has 0 saturated heterocycles. The van der Waals surface area contributed by atoms with Crippen molar-refractivity contribution in [1.82, 2.24) is 0 Å². The number of alkyl halides is 2. The van der Waals surface area contributed by atoms with Gasteiger partial charge in [0.2, 0.25) is 0 Å². The second kappa shape index (κ2) is 3.35. The number of carboxylic acids is 1. The van der Waals surface area contributed by atoms with Crippen LogP contribution in [0.4, 0.5) is 8.78 Å². The standard InChI is InChI=1S/C7H13F2NO2/c1-3-4-7(10,5(11)12)6(2,8)9/h3-4,10H2,1-2H3,(H,11,12). The summed E-state index contributed by atoms with van der Waals surface area (Å²) in [6.07, 6.45) is 0.0814. The molecule has 3 nitrogen and oxygen atoms in total. The van der Waals surface area contributed by atoms with E-state index in [0.717, 1.165) is 0 Å². The van der Waals surface area contributed by atoms with Crippen LogP contribution in [0.3, 0.4) is 0 Å². The molecule has 0 bridgehead atoms. The van der Waals surface area contributed by atoms with Gasteiger partial charge in [-0.1, -0.05) is 13.3 Å². The average molecular weight is 181 g/mol. The van der Waals surface area contributed by atoms with Gasteiger partial charge in [0.25, 0.3) is 5.92 Å². The fourth-order valence-electron chi connectivity index (χ4n) is 0.909. The summed E-state index contributed by atoms with van der Waals surface area (Å²) < 4.78 is 25.4. The van der Waals surface area contributed by atoms with Crippen LogP contribution in [0.2, 0.25) is 0 Å². The zero-order chi connectivity index (χ0) is 9.99. The Morgan fingerprint density at radius 2 is 2.00 bits per heavy atom. The van der Waals surface area contributed by atoms with E-state index in [9.17, 15) is 13.6 Å². The van der Waals surface area contributed by atoms with Crippen LogP contribution in [0.15, 0.2) is 0 Å². The lowest BCUT2D eigenvalue weighted by molar-refractivity contribution is -0.159. The molecule has 0 aliphatic rings. The second-order valence-electron chi connectivity index (χ2n) is 2.91. The Kier molecular flexibility index (Phi) is 3.15. The lowest BCUT2D eigenvalue weighted by Crippen LogP contribution is -2.60. The molecule has 0 heterocycles. The first kappa shape index (κ1) is 11.3. The Morgan fingerprint density at radius 1 is 1.58 bits per heavy atom. The molecular weight excluding hydrogens is 168 g/mol. The van der Waals surface area contributed by atoms with Crippen LogP contribution < -0.4 is 5.73 Å². The van der Waals surface area contributed by atoms with Crippen molar-refractivity contribution in [2.75, 3.05) is 0 Å². The third-order valence-corrected chi connectivity index (χ3v) is 1.81. The molecule has 0 aromatic carbocycles. The summed E-state index contributed by atoms with van der Waals surface area (Å²) in [4.78, 5) is 10.5. The van der Waals surface area contributed by atoms with Gasteiger partial charge in [-0.3, -0.25) is 0 Å². The Balaban J connectivity index is 4.75. The molecule has 5 heteroatoms. The first-order chi connectivity index (χ1) is 5.25. The lowest BCUT2D eigenvalue weighted by Gasteiger charge is -2.30. The number of carbonyl (C=O) groups is 1. The molecule has 0 aliphatic carbocycles.